The van der Waals surface area contributed by atoms with Crippen molar-refractivity contribution >= 4 is 21.6 Å². The van der Waals surface area contributed by atoms with E-state index in [1.54, 1.807) is 0 Å². The van der Waals surface area contributed by atoms with Crippen LogP contribution in [0.1, 0.15) is 12.8 Å². The number of anilines is 1. The molecule has 4 nitrogen and oxygen atoms in total. The lowest BCUT2D eigenvalue weighted by Crippen LogP contribution is -2.53. The van der Waals surface area contributed by atoms with Crippen molar-refractivity contribution < 1.29 is 9.47 Å². The maximum Gasteiger partial charge on any atom is 0.163 e. The molecular formula is C15H19BrN2O2. The summed E-state index contributed by atoms with van der Waals surface area (Å²) >= 11 is 3.64. The van der Waals surface area contributed by atoms with Gasteiger partial charge in [-0.3, -0.25) is 0 Å². The van der Waals surface area contributed by atoms with Crippen molar-refractivity contribution in [2.75, 3.05) is 38.2 Å². The van der Waals surface area contributed by atoms with Gasteiger partial charge < -0.3 is 19.7 Å². The van der Waals surface area contributed by atoms with Crippen molar-refractivity contribution in [1.82, 2.24) is 4.90 Å². The van der Waals surface area contributed by atoms with Crippen LogP contribution in [-0.2, 0) is 0 Å². The zero-order valence-electron chi connectivity index (χ0n) is 11.4. The van der Waals surface area contributed by atoms with Crippen LogP contribution in [0.25, 0.3) is 0 Å². The standard InChI is InChI=1S/C15H19BrN2O2/c16-11-7-14-15(20-6-5-19-14)8-12(11)17-13-9-18-3-1-10(13)2-4-18/h7-8,10,13,17H,1-6,9H2. The van der Waals surface area contributed by atoms with Crippen LogP contribution < -0.4 is 14.8 Å². The summed E-state index contributed by atoms with van der Waals surface area (Å²) in [5, 5.41) is 3.71. The molecule has 5 heteroatoms. The molecule has 0 spiro atoms. The molecule has 1 atom stereocenters. The van der Waals surface area contributed by atoms with E-state index in [1.165, 1.54) is 25.9 Å². The molecule has 0 aromatic heterocycles. The fourth-order valence-corrected chi connectivity index (χ4v) is 3.94. The third kappa shape index (κ3) is 2.27. The molecule has 108 valence electrons. The summed E-state index contributed by atoms with van der Waals surface area (Å²) in [6, 6.07) is 4.63. The van der Waals surface area contributed by atoms with Gasteiger partial charge in [0.05, 0.1) is 5.69 Å². The molecule has 0 saturated carbocycles. The van der Waals surface area contributed by atoms with Crippen LogP contribution in [0.2, 0.25) is 0 Å². The van der Waals surface area contributed by atoms with Gasteiger partial charge in [-0.1, -0.05) is 0 Å². The first-order valence-corrected chi connectivity index (χ1v) is 8.17. The van der Waals surface area contributed by atoms with Crippen molar-refractivity contribution in [3.05, 3.63) is 16.6 Å². The zero-order valence-corrected chi connectivity index (χ0v) is 13.0. The number of piperidine rings is 3. The lowest BCUT2D eigenvalue weighted by atomic mass is 9.84. The van der Waals surface area contributed by atoms with Crippen LogP contribution in [0.5, 0.6) is 11.5 Å². The number of benzene rings is 1. The number of nitrogens with zero attached hydrogens (tertiary/aromatic N) is 1. The molecule has 1 N–H and O–H groups in total. The molecular weight excluding hydrogens is 320 g/mol. The molecule has 4 aliphatic heterocycles. The molecule has 20 heavy (non-hydrogen) atoms. The molecule has 3 fully saturated rings. The van der Waals surface area contributed by atoms with Gasteiger partial charge in [0.15, 0.2) is 11.5 Å². The summed E-state index contributed by atoms with van der Waals surface area (Å²) in [7, 11) is 0. The van der Waals surface area contributed by atoms with Crippen molar-refractivity contribution in [2.45, 2.75) is 18.9 Å². The Morgan fingerprint density at radius 2 is 1.80 bits per heavy atom. The summed E-state index contributed by atoms with van der Waals surface area (Å²) in [5.74, 6) is 2.49. The largest absolute Gasteiger partial charge is 0.486 e. The first kappa shape index (κ1) is 12.8. The highest BCUT2D eigenvalue weighted by Crippen LogP contribution is 2.39. The van der Waals surface area contributed by atoms with Gasteiger partial charge in [-0.15, -0.1) is 0 Å². The third-order valence-electron chi connectivity index (χ3n) is 4.63. The Kier molecular flexibility index (Phi) is 3.27. The second-order valence-corrected chi connectivity index (χ2v) is 6.72. The normalized spacial score (nSPS) is 31.1. The maximum absolute atomic E-state index is 5.67. The minimum atomic E-state index is 0.552. The first-order valence-electron chi connectivity index (χ1n) is 7.37. The predicted molar refractivity (Wildman–Crippen MR) is 81.7 cm³/mol. The SMILES string of the molecule is Brc1cc2c(cc1NC1CN3CCC1CC3)OCCO2. The van der Waals surface area contributed by atoms with E-state index in [9.17, 15) is 0 Å². The van der Waals surface area contributed by atoms with Gasteiger partial charge in [-0.2, -0.15) is 0 Å². The summed E-state index contributed by atoms with van der Waals surface area (Å²) in [4.78, 5) is 2.56. The Balaban J connectivity index is 1.56. The minimum absolute atomic E-state index is 0.552. The van der Waals surface area contributed by atoms with E-state index in [2.05, 4.69) is 32.2 Å². The van der Waals surface area contributed by atoms with Gasteiger partial charge >= 0.3 is 0 Å². The predicted octanol–water partition coefficient (Wildman–Crippen LogP) is 2.73. The van der Waals surface area contributed by atoms with Crippen LogP contribution in [0.15, 0.2) is 16.6 Å². The van der Waals surface area contributed by atoms with Gasteiger partial charge in [0.2, 0.25) is 0 Å². The summed E-state index contributed by atoms with van der Waals surface area (Å²) in [5.41, 5.74) is 1.12. The van der Waals surface area contributed by atoms with Crippen LogP contribution in [-0.4, -0.2) is 43.8 Å². The number of fused-ring (bicyclic) bond motifs is 4. The Labute approximate surface area is 127 Å². The number of rotatable bonds is 2. The number of hydrogen-bond donors (Lipinski definition) is 1. The van der Waals surface area contributed by atoms with E-state index in [1.807, 2.05) is 6.07 Å². The Hall–Kier alpha value is -0.940. The number of hydrogen-bond acceptors (Lipinski definition) is 4. The smallest absolute Gasteiger partial charge is 0.163 e. The topological polar surface area (TPSA) is 33.7 Å². The lowest BCUT2D eigenvalue weighted by Gasteiger charge is -2.45. The molecule has 2 bridgehead atoms. The average Bonchev–Trinajstić information content (AvgIpc) is 2.49. The average molecular weight is 339 g/mol. The lowest BCUT2D eigenvalue weighted by molar-refractivity contribution is 0.0974. The van der Waals surface area contributed by atoms with Crippen LogP contribution in [0, 0.1) is 5.92 Å². The Bertz CT molecular complexity index is 515. The molecule has 0 radical (unpaired) electrons. The van der Waals surface area contributed by atoms with Crippen LogP contribution in [0.3, 0.4) is 0 Å². The van der Waals surface area contributed by atoms with E-state index < -0.39 is 0 Å². The van der Waals surface area contributed by atoms with Gasteiger partial charge in [-0.05, 0) is 47.8 Å². The van der Waals surface area contributed by atoms with E-state index in [0.717, 1.165) is 34.1 Å². The van der Waals surface area contributed by atoms with Crippen LogP contribution >= 0.6 is 15.9 Å². The highest BCUT2D eigenvalue weighted by molar-refractivity contribution is 9.10. The monoisotopic (exact) mass is 338 g/mol. The second kappa shape index (κ2) is 5.11. The molecule has 1 aromatic rings. The van der Waals surface area contributed by atoms with Crippen molar-refractivity contribution in [1.29, 1.82) is 0 Å². The fraction of sp³-hybridized carbons (Fsp3) is 0.600. The first-order chi connectivity index (χ1) is 9.79. The van der Waals surface area contributed by atoms with Gasteiger partial charge in [0, 0.05) is 29.2 Å². The summed E-state index contributed by atoms with van der Waals surface area (Å²) in [6.45, 7) is 4.96. The van der Waals surface area contributed by atoms with E-state index in [0.29, 0.717) is 19.3 Å². The van der Waals surface area contributed by atoms with E-state index >= 15 is 0 Å². The fourth-order valence-electron chi connectivity index (χ4n) is 3.50. The van der Waals surface area contributed by atoms with E-state index in [-0.39, 0.29) is 0 Å². The molecule has 4 heterocycles. The summed E-state index contributed by atoms with van der Waals surface area (Å²) in [6.07, 6.45) is 2.64. The van der Waals surface area contributed by atoms with Crippen LogP contribution in [0.4, 0.5) is 5.69 Å². The third-order valence-corrected chi connectivity index (χ3v) is 5.29. The zero-order chi connectivity index (χ0) is 13.5. The Morgan fingerprint density at radius 1 is 1.10 bits per heavy atom. The molecule has 3 saturated heterocycles. The van der Waals surface area contributed by atoms with Gasteiger partial charge in [-0.25, -0.2) is 0 Å². The molecule has 4 aliphatic rings. The summed E-state index contributed by atoms with van der Waals surface area (Å²) < 4.78 is 12.3. The quantitative estimate of drug-likeness (QED) is 0.898. The molecule has 0 amide bonds. The molecule has 1 unspecified atom stereocenters. The minimum Gasteiger partial charge on any atom is -0.486 e. The second-order valence-electron chi connectivity index (χ2n) is 5.86. The highest BCUT2D eigenvalue weighted by Gasteiger charge is 2.34. The molecule has 0 aliphatic carbocycles. The number of halogens is 1. The van der Waals surface area contributed by atoms with Crippen molar-refractivity contribution in [2.24, 2.45) is 5.92 Å². The molecule has 1 aromatic carbocycles. The maximum atomic E-state index is 5.67. The van der Waals surface area contributed by atoms with E-state index in [4.69, 9.17) is 9.47 Å². The van der Waals surface area contributed by atoms with Gasteiger partial charge in [0.1, 0.15) is 13.2 Å². The Morgan fingerprint density at radius 3 is 2.45 bits per heavy atom. The highest BCUT2D eigenvalue weighted by atomic mass is 79.9. The number of ether oxygens (including phenoxy) is 2. The van der Waals surface area contributed by atoms with Crippen molar-refractivity contribution in [3.8, 4) is 11.5 Å². The molecule has 5 rings (SSSR count). The van der Waals surface area contributed by atoms with Gasteiger partial charge in [0.25, 0.3) is 0 Å². The van der Waals surface area contributed by atoms with Crippen molar-refractivity contribution in [3.63, 3.8) is 0 Å². The number of nitrogens with one attached hydrogen (secondary N) is 1.